The van der Waals surface area contributed by atoms with E-state index in [4.69, 9.17) is 17.3 Å². The number of halogens is 1. The number of urea groups is 1. The quantitative estimate of drug-likeness (QED) is 0.443. The highest BCUT2D eigenvalue weighted by Gasteiger charge is 2.43. The molecular weight excluding hydrogens is 480 g/mol. The second-order valence-corrected chi connectivity index (χ2v) is 8.86. The van der Waals surface area contributed by atoms with Gasteiger partial charge in [-0.2, -0.15) is 0 Å². The van der Waals surface area contributed by atoms with Crippen molar-refractivity contribution in [2.45, 2.75) is 26.2 Å². The molecule has 0 saturated carbocycles. The Hall–Kier alpha value is -3.95. The molecule has 0 radical (unpaired) electrons. The third-order valence-corrected chi connectivity index (χ3v) is 6.09. The molecule has 1 aromatic heterocycles. The smallest absolute Gasteiger partial charge is 0.323 e. The van der Waals surface area contributed by atoms with Crippen LogP contribution in [0, 0.1) is 6.92 Å². The SMILES string of the molecule is Cc1cccc(NC(=O)N2CCN(C(=O)c3ccc(Cl)nc3)C2C(=O)NCc2cccc(CN)c2)c1. The molecule has 4 rings (SSSR count). The van der Waals surface area contributed by atoms with Gasteiger partial charge in [0.1, 0.15) is 5.15 Å². The number of carbonyl (C=O) groups excluding carboxylic acids is 3. The number of carbonyl (C=O) groups is 3. The Bertz CT molecular complexity index is 1270. The Morgan fingerprint density at radius 2 is 1.78 bits per heavy atom. The molecule has 1 atom stereocenters. The first-order chi connectivity index (χ1) is 17.4. The average Bonchev–Trinajstić information content (AvgIpc) is 3.33. The zero-order chi connectivity index (χ0) is 25.7. The predicted octanol–water partition coefficient (Wildman–Crippen LogP) is 3.13. The lowest BCUT2D eigenvalue weighted by Crippen LogP contribution is -2.54. The van der Waals surface area contributed by atoms with E-state index in [0.717, 1.165) is 16.7 Å². The summed E-state index contributed by atoms with van der Waals surface area (Å²) < 4.78 is 0. The number of rotatable bonds is 6. The fraction of sp³-hybridized carbons (Fsp3) is 0.231. The summed E-state index contributed by atoms with van der Waals surface area (Å²) in [7, 11) is 0. The van der Waals surface area contributed by atoms with Crippen LogP contribution in [0.25, 0.3) is 0 Å². The minimum Gasteiger partial charge on any atom is -0.349 e. The topological polar surface area (TPSA) is 121 Å². The molecule has 36 heavy (non-hydrogen) atoms. The summed E-state index contributed by atoms with van der Waals surface area (Å²) in [6.45, 7) is 2.90. The van der Waals surface area contributed by atoms with Gasteiger partial charge in [-0.1, -0.05) is 48.0 Å². The van der Waals surface area contributed by atoms with Gasteiger partial charge in [0.25, 0.3) is 11.8 Å². The molecule has 2 heterocycles. The van der Waals surface area contributed by atoms with Crippen molar-refractivity contribution in [2.75, 3.05) is 18.4 Å². The number of aryl methyl sites for hydroxylation is 1. The van der Waals surface area contributed by atoms with Crippen LogP contribution in [0.15, 0.2) is 66.9 Å². The highest BCUT2D eigenvalue weighted by atomic mass is 35.5. The number of nitrogens with two attached hydrogens (primary N) is 1. The first kappa shape index (κ1) is 25.2. The van der Waals surface area contributed by atoms with Crippen molar-refractivity contribution in [2.24, 2.45) is 5.73 Å². The maximum atomic E-state index is 13.4. The minimum absolute atomic E-state index is 0.184. The van der Waals surface area contributed by atoms with Crippen molar-refractivity contribution in [1.29, 1.82) is 0 Å². The summed E-state index contributed by atoms with van der Waals surface area (Å²) in [6.07, 6.45) is 0.212. The summed E-state index contributed by atoms with van der Waals surface area (Å²) in [4.78, 5) is 46.6. The van der Waals surface area contributed by atoms with Crippen LogP contribution in [0.5, 0.6) is 0 Å². The summed E-state index contributed by atoms with van der Waals surface area (Å²) >= 11 is 5.86. The van der Waals surface area contributed by atoms with E-state index in [9.17, 15) is 14.4 Å². The van der Waals surface area contributed by atoms with E-state index in [1.807, 2.05) is 49.4 Å². The molecular formula is C26H27ClN6O3. The van der Waals surface area contributed by atoms with Crippen LogP contribution in [-0.4, -0.2) is 51.9 Å². The molecule has 10 heteroatoms. The molecule has 1 fully saturated rings. The largest absolute Gasteiger partial charge is 0.349 e. The summed E-state index contributed by atoms with van der Waals surface area (Å²) in [5, 5.41) is 5.94. The standard InChI is InChI=1S/C26H27ClN6O3/c1-17-4-2-7-21(12-17)31-26(36)33-11-10-32(25(35)20-8-9-22(27)29-16-20)24(33)23(34)30-15-19-6-3-5-18(13-19)14-28/h2-9,12-13,16,24H,10-11,14-15,28H2,1H3,(H,30,34)(H,31,36). The Kier molecular flexibility index (Phi) is 7.82. The summed E-state index contributed by atoms with van der Waals surface area (Å²) in [6, 6.07) is 17.5. The molecule has 3 aromatic rings. The normalized spacial score (nSPS) is 15.0. The van der Waals surface area contributed by atoms with Gasteiger partial charge in [0.05, 0.1) is 5.56 Å². The number of pyridine rings is 1. The second kappa shape index (κ2) is 11.2. The maximum Gasteiger partial charge on any atom is 0.323 e. The molecule has 0 bridgehead atoms. The molecule has 2 aromatic carbocycles. The highest BCUT2D eigenvalue weighted by molar-refractivity contribution is 6.29. The molecule has 0 spiro atoms. The number of benzene rings is 2. The van der Waals surface area contributed by atoms with Crippen molar-refractivity contribution in [3.8, 4) is 0 Å². The van der Waals surface area contributed by atoms with Gasteiger partial charge in [0.15, 0.2) is 6.17 Å². The van der Waals surface area contributed by atoms with Crippen LogP contribution in [0.3, 0.4) is 0 Å². The van der Waals surface area contributed by atoms with Gasteiger partial charge in [0, 0.05) is 38.1 Å². The van der Waals surface area contributed by atoms with Gasteiger partial charge in [0.2, 0.25) is 0 Å². The molecule has 1 unspecified atom stereocenters. The van der Waals surface area contributed by atoms with Gasteiger partial charge in [-0.3, -0.25) is 14.5 Å². The molecule has 4 N–H and O–H groups in total. The van der Waals surface area contributed by atoms with Crippen molar-refractivity contribution in [3.63, 3.8) is 0 Å². The second-order valence-electron chi connectivity index (χ2n) is 8.48. The van der Waals surface area contributed by atoms with E-state index in [2.05, 4.69) is 15.6 Å². The summed E-state index contributed by atoms with van der Waals surface area (Å²) in [5.74, 6) is -0.893. The number of hydrogen-bond acceptors (Lipinski definition) is 5. The highest BCUT2D eigenvalue weighted by Crippen LogP contribution is 2.21. The number of amides is 4. The Morgan fingerprint density at radius 1 is 1.03 bits per heavy atom. The lowest BCUT2D eigenvalue weighted by atomic mass is 10.1. The van der Waals surface area contributed by atoms with Gasteiger partial charge >= 0.3 is 6.03 Å². The monoisotopic (exact) mass is 506 g/mol. The van der Waals surface area contributed by atoms with E-state index < -0.39 is 24.0 Å². The third-order valence-electron chi connectivity index (χ3n) is 5.87. The van der Waals surface area contributed by atoms with Crippen LogP contribution in [-0.2, 0) is 17.9 Å². The van der Waals surface area contributed by atoms with Crippen molar-refractivity contribution < 1.29 is 14.4 Å². The van der Waals surface area contributed by atoms with Gasteiger partial charge in [-0.25, -0.2) is 9.78 Å². The van der Waals surface area contributed by atoms with E-state index in [1.54, 1.807) is 12.1 Å². The van der Waals surface area contributed by atoms with Gasteiger partial charge < -0.3 is 21.3 Å². The predicted molar refractivity (Wildman–Crippen MR) is 137 cm³/mol. The molecule has 9 nitrogen and oxygen atoms in total. The van der Waals surface area contributed by atoms with Crippen LogP contribution < -0.4 is 16.4 Å². The van der Waals surface area contributed by atoms with E-state index in [1.165, 1.54) is 22.1 Å². The van der Waals surface area contributed by atoms with Crippen molar-refractivity contribution >= 4 is 35.1 Å². The van der Waals surface area contributed by atoms with Gasteiger partial charge in [-0.15, -0.1) is 0 Å². The van der Waals surface area contributed by atoms with E-state index in [-0.39, 0.29) is 30.4 Å². The number of anilines is 1. The first-order valence-corrected chi connectivity index (χ1v) is 11.9. The molecule has 1 aliphatic heterocycles. The molecule has 186 valence electrons. The lowest BCUT2D eigenvalue weighted by Gasteiger charge is -2.29. The lowest BCUT2D eigenvalue weighted by molar-refractivity contribution is -0.128. The molecule has 0 aliphatic carbocycles. The number of hydrogen-bond donors (Lipinski definition) is 3. The Labute approximate surface area is 214 Å². The fourth-order valence-electron chi connectivity index (χ4n) is 4.07. The van der Waals surface area contributed by atoms with Crippen LogP contribution >= 0.6 is 11.6 Å². The third kappa shape index (κ3) is 5.81. The Morgan fingerprint density at radius 3 is 2.50 bits per heavy atom. The van der Waals surface area contributed by atoms with Crippen LogP contribution in [0.2, 0.25) is 5.15 Å². The van der Waals surface area contributed by atoms with E-state index in [0.29, 0.717) is 12.2 Å². The number of nitrogens with zero attached hydrogens (tertiary/aromatic N) is 3. The minimum atomic E-state index is -1.14. The fourth-order valence-corrected chi connectivity index (χ4v) is 4.18. The summed E-state index contributed by atoms with van der Waals surface area (Å²) in [5.41, 5.74) is 9.37. The molecule has 1 aliphatic rings. The van der Waals surface area contributed by atoms with Gasteiger partial charge in [-0.05, 0) is 47.9 Å². The van der Waals surface area contributed by atoms with Crippen LogP contribution in [0.4, 0.5) is 10.5 Å². The van der Waals surface area contributed by atoms with Crippen molar-refractivity contribution in [3.05, 3.63) is 94.3 Å². The van der Waals surface area contributed by atoms with Crippen molar-refractivity contribution in [1.82, 2.24) is 20.1 Å². The maximum absolute atomic E-state index is 13.4. The molecule has 4 amide bonds. The zero-order valence-electron chi connectivity index (χ0n) is 19.8. The van der Waals surface area contributed by atoms with Crippen LogP contribution in [0.1, 0.15) is 27.0 Å². The Balaban J connectivity index is 1.56. The zero-order valence-corrected chi connectivity index (χ0v) is 20.5. The molecule has 1 saturated heterocycles. The number of aromatic nitrogens is 1. The number of nitrogens with one attached hydrogen (secondary N) is 2. The first-order valence-electron chi connectivity index (χ1n) is 11.5. The average molecular weight is 507 g/mol. The van der Waals surface area contributed by atoms with E-state index >= 15 is 0 Å².